The van der Waals surface area contributed by atoms with Crippen molar-refractivity contribution < 1.29 is 40.2 Å². The van der Waals surface area contributed by atoms with Crippen LogP contribution in [0.4, 0.5) is 0 Å². The Labute approximate surface area is 135 Å². The topological polar surface area (TPSA) is 201 Å². The van der Waals surface area contributed by atoms with E-state index in [4.69, 9.17) is 5.11 Å². The van der Waals surface area contributed by atoms with Crippen LogP contribution >= 0.6 is 0 Å². The van der Waals surface area contributed by atoms with E-state index in [1.165, 1.54) is 28.6 Å². The third-order valence-electron chi connectivity index (χ3n) is 2.69. The summed E-state index contributed by atoms with van der Waals surface area (Å²) in [6.45, 7) is 4.78. The first-order valence-electron chi connectivity index (χ1n) is 6.27. The van der Waals surface area contributed by atoms with Crippen molar-refractivity contribution in [1.29, 1.82) is 0 Å². The minimum atomic E-state index is -3.53. The Balaban J connectivity index is -0.000000451. The summed E-state index contributed by atoms with van der Waals surface area (Å²) in [5.74, 6) is -1.07. The fourth-order valence-corrected chi connectivity index (χ4v) is 3.39. The first kappa shape index (κ1) is 29.5. The lowest BCUT2D eigenvalue weighted by Crippen LogP contribution is -2.32. The van der Waals surface area contributed by atoms with Gasteiger partial charge >= 0.3 is 5.97 Å². The van der Waals surface area contributed by atoms with Crippen LogP contribution in [-0.4, -0.2) is 58.8 Å². The van der Waals surface area contributed by atoms with Crippen LogP contribution in [0.1, 0.15) is 37.0 Å². The monoisotopic (exact) mass is 357 g/mol. The first-order chi connectivity index (χ1) is 8.93. The SMILES string of the molecule is CCCN(CCC)S(=O)(=O)c1ccc(C(=O)O)cc1.O.O.O.O. The maximum Gasteiger partial charge on any atom is 0.335 e. The molecule has 0 atom stereocenters. The molecule has 0 unspecified atom stereocenters. The number of rotatable bonds is 7. The Morgan fingerprint density at radius 1 is 0.957 bits per heavy atom. The molecule has 138 valence electrons. The lowest BCUT2D eigenvalue weighted by atomic mass is 10.2. The van der Waals surface area contributed by atoms with Crippen molar-refractivity contribution in [3.63, 3.8) is 0 Å². The molecule has 10 heteroatoms. The average molecular weight is 357 g/mol. The zero-order valence-corrected chi connectivity index (χ0v) is 14.0. The molecule has 0 saturated carbocycles. The van der Waals surface area contributed by atoms with Crippen molar-refractivity contribution in [2.45, 2.75) is 31.6 Å². The number of carboxylic acid groups (broad SMARTS) is 1. The summed E-state index contributed by atoms with van der Waals surface area (Å²) in [4.78, 5) is 10.9. The molecular weight excluding hydrogens is 330 g/mol. The van der Waals surface area contributed by atoms with Crippen LogP contribution in [0.15, 0.2) is 29.2 Å². The van der Waals surface area contributed by atoms with Gasteiger partial charge in [0.05, 0.1) is 10.5 Å². The van der Waals surface area contributed by atoms with E-state index < -0.39 is 16.0 Å². The Hall–Kier alpha value is -1.56. The van der Waals surface area contributed by atoms with E-state index in [0.717, 1.165) is 12.8 Å². The summed E-state index contributed by atoms with van der Waals surface area (Å²) in [5, 5.41) is 8.80. The average Bonchev–Trinajstić information content (AvgIpc) is 2.38. The molecule has 0 aromatic heterocycles. The number of benzene rings is 1. The zero-order chi connectivity index (χ0) is 14.5. The molecule has 0 spiro atoms. The first-order valence-corrected chi connectivity index (χ1v) is 7.71. The van der Waals surface area contributed by atoms with E-state index in [9.17, 15) is 13.2 Å². The van der Waals surface area contributed by atoms with Crippen molar-refractivity contribution in [2.75, 3.05) is 13.1 Å². The number of sulfonamides is 1. The molecule has 0 heterocycles. The fourth-order valence-electron chi connectivity index (χ4n) is 1.77. The number of nitrogens with zero attached hydrogens (tertiary/aromatic N) is 1. The molecule has 0 aliphatic heterocycles. The van der Waals surface area contributed by atoms with Gasteiger partial charge in [-0.1, -0.05) is 13.8 Å². The highest BCUT2D eigenvalue weighted by molar-refractivity contribution is 7.89. The number of carbonyl (C=O) groups is 1. The van der Waals surface area contributed by atoms with E-state index in [2.05, 4.69) is 0 Å². The van der Waals surface area contributed by atoms with Gasteiger partial charge in [-0.05, 0) is 37.1 Å². The van der Waals surface area contributed by atoms with E-state index >= 15 is 0 Å². The second-order valence-corrected chi connectivity index (χ2v) is 6.17. The predicted molar refractivity (Wildman–Crippen MR) is 87.2 cm³/mol. The Morgan fingerprint density at radius 2 is 1.35 bits per heavy atom. The van der Waals surface area contributed by atoms with Gasteiger partial charge in [0.2, 0.25) is 10.0 Å². The lowest BCUT2D eigenvalue weighted by Gasteiger charge is -2.20. The van der Waals surface area contributed by atoms with Crippen molar-refractivity contribution in [2.24, 2.45) is 0 Å². The summed E-state index contributed by atoms with van der Waals surface area (Å²) >= 11 is 0. The molecule has 0 aliphatic carbocycles. The summed E-state index contributed by atoms with van der Waals surface area (Å²) < 4.78 is 26.2. The summed E-state index contributed by atoms with van der Waals surface area (Å²) in [7, 11) is -3.53. The highest BCUT2D eigenvalue weighted by atomic mass is 32.2. The lowest BCUT2D eigenvalue weighted by molar-refractivity contribution is 0.0696. The number of aromatic carboxylic acids is 1. The third-order valence-corrected chi connectivity index (χ3v) is 4.60. The number of hydrogen-bond donors (Lipinski definition) is 1. The van der Waals surface area contributed by atoms with E-state index in [1.807, 2.05) is 13.8 Å². The Bertz CT molecular complexity index is 523. The second-order valence-electron chi connectivity index (χ2n) is 4.23. The predicted octanol–water partition coefficient (Wildman–Crippen LogP) is -1.10. The van der Waals surface area contributed by atoms with Crippen LogP contribution in [0, 0.1) is 0 Å². The zero-order valence-electron chi connectivity index (χ0n) is 13.2. The molecule has 0 saturated heterocycles. The molecule has 0 fully saturated rings. The molecule has 9 nitrogen and oxygen atoms in total. The maximum absolute atomic E-state index is 12.4. The second kappa shape index (κ2) is 12.9. The third kappa shape index (κ3) is 7.50. The molecule has 1 aromatic carbocycles. The smallest absolute Gasteiger partial charge is 0.335 e. The van der Waals surface area contributed by atoms with Crippen molar-refractivity contribution in [3.8, 4) is 0 Å². The minimum Gasteiger partial charge on any atom is -0.478 e. The normalized spacial score (nSPS) is 9.70. The van der Waals surface area contributed by atoms with Gasteiger partial charge in [0, 0.05) is 13.1 Å². The molecule has 1 rings (SSSR count). The van der Waals surface area contributed by atoms with Gasteiger partial charge in [-0.15, -0.1) is 0 Å². The van der Waals surface area contributed by atoms with Crippen LogP contribution < -0.4 is 0 Å². The molecule has 9 N–H and O–H groups in total. The molecule has 1 aromatic rings. The largest absolute Gasteiger partial charge is 0.478 e. The highest BCUT2D eigenvalue weighted by Crippen LogP contribution is 2.17. The number of hydrogen-bond acceptors (Lipinski definition) is 3. The number of carboxylic acids is 1. The summed E-state index contributed by atoms with van der Waals surface area (Å²) in [6.07, 6.45) is 1.48. The molecule has 23 heavy (non-hydrogen) atoms. The standard InChI is InChI=1S/C13H19NO4S.4H2O/c1-3-9-14(10-4-2)19(17,18)12-7-5-11(6-8-12)13(15)16;;;;/h5-8H,3-4,9-10H2,1-2H3,(H,15,16);4*1H2. The quantitative estimate of drug-likeness (QED) is 0.645. The minimum absolute atomic E-state index is 0. The molecule has 0 radical (unpaired) electrons. The summed E-state index contributed by atoms with van der Waals surface area (Å²) in [5.41, 5.74) is 0.0801. The molecule has 0 amide bonds. The van der Waals surface area contributed by atoms with Gasteiger partial charge in [-0.3, -0.25) is 0 Å². The van der Waals surface area contributed by atoms with Crippen molar-refractivity contribution >= 4 is 16.0 Å². The fraction of sp³-hybridized carbons (Fsp3) is 0.462. The highest BCUT2D eigenvalue weighted by Gasteiger charge is 2.23. The van der Waals surface area contributed by atoms with Crippen LogP contribution in [0.5, 0.6) is 0 Å². The van der Waals surface area contributed by atoms with Crippen LogP contribution in [0.3, 0.4) is 0 Å². The van der Waals surface area contributed by atoms with Crippen LogP contribution in [0.2, 0.25) is 0 Å². The van der Waals surface area contributed by atoms with Crippen LogP contribution in [0.25, 0.3) is 0 Å². The van der Waals surface area contributed by atoms with Gasteiger partial charge in [0.15, 0.2) is 0 Å². The van der Waals surface area contributed by atoms with E-state index in [1.54, 1.807) is 0 Å². The van der Waals surface area contributed by atoms with E-state index in [-0.39, 0.29) is 32.4 Å². The van der Waals surface area contributed by atoms with Gasteiger partial charge in [-0.25, -0.2) is 13.2 Å². The van der Waals surface area contributed by atoms with Gasteiger partial charge in [0.1, 0.15) is 0 Å². The Kier molecular flexibility index (Phi) is 16.6. The van der Waals surface area contributed by atoms with Crippen molar-refractivity contribution in [1.82, 2.24) is 4.31 Å². The van der Waals surface area contributed by atoms with Crippen LogP contribution in [-0.2, 0) is 10.0 Å². The molecule has 0 bridgehead atoms. The maximum atomic E-state index is 12.4. The van der Waals surface area contributed by atoms with Gasteiger partial charge < -0.3 is 27.0 Å². The van der Waals surface area contributed by atoms with Crippen molar-refractivity contribution in [3.05, 3.63) is 29.8 Å². The molecule has 0 aliphatic rings. The van der Waals surface area contributed by atoms with E-state index in [0.29, 0.717) is 13.1 Å². The van der Waals surface area contributed by atoms with Gasteiger partial charge in [0.25, 0.3) is 0 Å². The van der Waals surface area contributed by atoms with Gasteiger partial charge in [-0.2, -0.15) is 4.31 Å². The summed E-state index contributed by atoms with van der Waals surface area (Å²) in [6, 6.07) is 5.31. The molecular formula is C13H27NO8S. The Morgan fingerprint density at radius 3 is 1.65 bits per heavy atom.